The number of hydrogen-bond donors (Lipinski definition) is 1. The van der Waals surface area contributed by atoms with Crippen LogP contribution < -0.4 is 5.32 Å². The van der Waals surface area contributed by atoms with Gasteiger partial charge in [0.15, 0.2) is 0 Å². The first kappa shape index (κ1) is 16.2. The smallest absolute Gasteiger partial charge is 0.0843 e. The Morgan fingerprint density at radius 2 is 1.84 bits per heavy atom. The fraction of sp³-hybridized carbons (Fsp3) is 0.231. The van der Waals surface area contributed by atoms with Crippen molar-refractivity contribution in [1.29, 1.82) is 0 Å². The maximum absolute atomic E-state index is 3.65. The minimum absolute atomic E-state index is 0.195. The van der Waals surface area contributed by atoms with Crippen LogP contribution in [0.1, 0.15) is 23.4 Å². The van der Waals surface area contributed by atoms with E-state index in [1.54, 1.807) is 11.3 Å². The van der Waals surface area contributed by atoms with Crippen molar-refractivity contribution in [3.05, 3.63) is 51.9 Å². The third kappa shape index (κ3) is 3.92. The highest BCUT2D eigenvalue weighted by molar-refractivity contribution is 9.13. The van der Waals surface area contributed by atoms with Crippen molar-refractivity contribution >= 4 is 75.1 Å². The summed E-state index contributed by atoms with van der Waals surface area (Å²) in [6.07, 6.45) is 0. The molecule has 1 aromatic carbocycles. The van der Waals surface area contributed by atoms with Gasteiger partial charge in [0.1, 0.15) is 0 Å². The lowest BCUT2D eigenvalue weighted by Gasteiger charge is -2.18. The second kappa shape index (κ2) is 7.18. The van der Waals surface area contributed by atoms with Gasteiger partial charge in [-0.05, 0) is 62.2 Å². The maximum Gasteiger partial charge on any atom is 0.0843 e. The minimum atomic E-state index is 0.195. The molecule has 0 fully saturated rings. The molecule has 6 heteroatoms. The molecule has 0 saturated carbocycles. The van der Waals surface area contributed by atoms with Crippen molar-refractivity contribution in [2.45, 2.75) is 13.0 Å². The van der Waals surface area contributed by atoms with Gasteiger partial charge in [0.25, 0.3) is 0 Å². The molecule has 0 radical (unpaired) electrons. The number of halogens is 4. The fourth-order valence-corrected chi connectivity index (χ4v) is 5.27. The van der Waals surface area contributed by atoms with Gasteiger partial charge in [-0.3, -0.25) is 0 Å². The van der Waals surface area contributed by atoms with E-state index in [2.05, 4.69) is 100 Å². The third-order valence-corrected chi connectivity index (χ3v) is 7.13. The van der Waals surface area contributed by atoms with Gasteiger partial charge >= 0.3 is 0 Å². The average molecular weight is 533 g/mol. The molecule has 0 aliphatic carbocycles. The lowest BCUT2D eigenvalue weighted by atomic mass is 10.1. The van der Waals surface area contributed by atoms with E-state index in [4.69, 9.17) is 0 Å². The first-order chi connectivity index (χ1) is 9.02. The van der Waals surface area contributed by atoms with Crippen LogP contribution in [-0.4, -0.2) is 6.54 Å². The van der Waals surface area contributed by atoms with E-state index in [1.165, 1.54) is 10.4 Å². The van der Waals surface area contributed by atoms with Crippen LogP contribution >= 0.6 is 75.1 Å². The molecule has 0 aliphatic rings. The lowest BCUT2D eigenvalue weighted by molar-refractivity contribution is 0.637. The third-order valence-electron chi connectivity index (χ3n) is 2.63. The molecule has 2 rings (SSSR count). The molecular formula is C13H11Br4NS. The summed E-state index contributed by atoms with van der Waals surface area (Å²) in [6.45, 7) is 3.04. The van der Waals surface area contributed by atoms with Gasteiger partial charge in [-0.2, -0.15) is 0 Å². The summed E-state index contributed by atoms with van der Waals surface area (Å²) in [5.41, 5.74) is 1.24. The van der Waals surface area contributed by atoms with Crippen LogP contribution in [-0.2, 0) is 0 Å². The zero-order valence-corrected chi connectivity index (χ0v) is 17.2. The Morgan fingerprint density at radius 1 is 1.11 bits per heavy atom. The quantitative estimate of drug-likeness (QED) is 0.474. The van der Waals surface area contributed by atoms with E-state index in [0.717, 1.165) is 23.7 Å². The Hall–Kier alpha value is 0.800. The average Bonchev–Trinajstić information content (AvgIpc) is 2.67. The molecule has 2 aromatic rings. The first-order valence-corrected chi connectivity index (χ1v) is 9.64. The van der Waals surface area contributed by atoms with Gasteiger partial charge < -0.3 is 5.32 Å². The van der Waals surface area contributed by atoms with E-state index in [1.807, 2.05) is 0 Å². The van der Waals surface area contributed by atoms with Gasteiger partial charge in [0.2, 0.25) is 0 Å². The normalized spacial score (nSPS) is 12.7. The molecule has 1 aromatic heterocycles. The van der Waals surface area contributed by atoms with Gasteiger partial charge in [0.05, 0.1) is 9.83 Å². The van der Waals surface area contributed by atoms with Crippen LogP contribution in [0, 0.1) is 0 Å². The van der Waals surface area contributed by atoms with Crippen molar-refractivity contribution < 1.29 is 0 Å². The van der Waals surface area contributed by atoms with Crippen molar-refractivity contribution in [1.82, 2.24) is 5.32 Å². The molecule has 1 heterocycles. The molecule has 1 unspecified atom stereocenters. The summed E-state index contributed by atoms with van der Waals surface area (Å²) in [5.74, 6) is 0. The monoisotopic (exact) mass is 529 g/mol. The summed E-state index contributed by atoms with van der Waals surface area (Å²) in [5, 5.41) is 3.54. The highest BCUT2D eigenvalue weighted by atomic mass is 79.9. The Balaban J connectivity index is 2.44. The molecule has 0 aliphatic heterocycles. The van der Waals surface area contributed by atoms with E-state index in [0.29, 0.717) is 0 Å². The van der Waals surface area contributed by atoms with Gasteiger partial charge in [0, 0.05) is 18.3 Å². The van der Waals surface area contributed by atoms with Crippen LogP contribution in [0.25, 0.3) is 0 Å². The Bertz CT molecular complexity index is 563. The van der Waals surface area contributed by atoms with Crippen LogP contribution in [0.5, 0.6) is 0 Å². The number of rotatable bonds is 4. The van der Waals surface area contributed by atoms with Crippen LogP contribution in [0.2, 0.25) is 0 Å². The SMILES string of the molecule is CCNC(c1cc(Br)c(Br)s1)c1ccc(Br)cc1Br. The van der Waals surface area contributed by atoms with E-state index in [9.17, 15) is 0 Å². The zero-order valence-electron chi connectivity index (χ0n) is 10.0. The van der Waals surface area contributed by atoms with E-state index >= 15 is 0 Å². The van der Waals surface area contributed by atoms with Crippen molar-refractivity contribution in [3.8, 4) is 0 Å². The van der Waals surface area contributed by atoms with Crippen molar-refractivity contribution in [2.24, 2.45) is 0 Å². The van der Waals surface area contributed by atoms with Gasteiger partial charge in [-0.15, -0.1) is 11.3 Å². The van der Waals surface area contributed by atoms with E-state index < -0.39 is 0 Å². The zero-order chi connectivity index (χ0) is 14.0. The van der Waals surface area contributed by atoms with Gasteiger partial charge in [-0.1, -0.05) is 44.8 Å². The fourth-order valence-electron chi connectivity index (χ4n) is 1.81. The second-order valence-electron chi connectivity index (χ2n) is 3.93. The topological polar surface area (TPSA) is 12.0 Å². The molecule has 19 heavy (non-hydrogen) atoms. The van der Waals surface area contributed by atoms with Gasteiger partial charge in [-0.25, -0.2) is 0 Å². The molecule has 0 bridgehead atoms. The van der Waals surface area contributed by atoms with Crippen molar-refractivity contribution in [3.63, 3.8) is 0 Å². The minimum Gasteiger partial charge on any atom is -0.306 e. The predicted molar refractivity (Wildman–Crippen MR) is 97.1 cm³/mol. The molecule has 1 atom stereocenters. The summed E-state index contributed by atoms with van der Waals surface area (Å²) in [4.78, 5) is 1.28. The standard InChI is InChI=1S/C13H11Br4NS/c1-2-18-12(11-6-10(16)13(17)19-11)8-4-3-7(14)5-9(8)15/h3-6,12,18H,2H2,1H3. The molecule has 1 nitrogen and oxygen atoms in total. The second-order valence-corrected chi connectivity index (χ2v) is 8.95. The molecular weight excluding hydrogens is 522 g/mol. The number of hydrogen-bond acceptors (Lipinski definition) is 2. The van der Waals surface area contributed by atoms with Crippen LogP contribution in [0.15, 0.2) is 41.5 Å². The molecule has 102 valence electrons. The first-order valence-electron chi connectivity index (χ1n) is 5.66. The van der Waals surface area contributed by atoms with Crippen LogP contribution in [0.3, 0.4) is 0 Å². The summed E-state index contributed by atoms with van der Waals surface area (Å²) in [7, 11) is 0. The Kier molecular flexibility index (Phi) is 6.11. The highest BCUT2D eigenvalue weighted by Gasteiger charge is 2.19. The molecule has 0 spiro atoms. The Morgan fingerprint density at radius 3 is 2.37 bits per heavy atom. The number of nitrogens with one attached hydrogen (secondary N) is 1. The van der Waals surface area contributed by atoms with Crippen molar-refractivity contribution in [2.75, 3.05) is 6.54 Å². The largest absolute Gasteiger partial charge is 0.306 e. The van der Waals surface area contributed by atoms with E-state index in [-0.39, 0.29) is 6.04 Å². The maximum atomic E-state index is 3.65. The van der Waals surface area contributed by atoms with Crippen LogP contribution in [0.4, 0.5) is 0 Å². The number of thiophene rings is 1. The Labute approximate surface area is 150 Å². The molecule has 1 N–H and O–H groups in total. The predicted octanol–water partition coefficient (Wildman–Crippen LogP) is 6.50. The summed E-state index contributed by atoms with van der Waals surface area (Å²) in [6, 6.07) is 8.65. The molecule has 0 amide bonds. The summed E-state index contributed by atoms with van der Waals surface area (Å²) < 4.78 is 4.41. The summed E-state index contributed by atoms with van der Waals surface area (Å²) >= 11 is 16.0. The number of benzene rings is 1. The highest BCUT2D eigenvalue weighted by Crippen LogP contribution is 2.39. The molecule has 0 saturated heterocycles. The lowest BCUT2D eigenvalue weighted by Crippen LogP contribution is -2.21.